The van der Waals surface area contributed by atoms with E-state index >= 15 is 0 Å². The van der Waals surface area contributed by atoms with E-state index in [1.165, 1.54) is 11.8 Å². The molecule has 0 saturated carbocycles. The Kier molecular flexibility index (Phi) is 5.37. The molecule has 2 aromatic carbocycles. The summed E-state index contributed by atoms with van der Waals surface area (Å²) in [5, 5.41) is 10.6. The lowest BCUT2D eigenvalue weighted by molar-refractivity contribution is 0.0703. The second-order valence-corrected chi connectivity index (χ2v) is 8.10. The molecule has 4 aromatic rings. The quantitative estimate of drug-likeness (QED) is 0.335. The molecule has 2 aromatic heterocycles. The smallest absolute Gasteiger partial charge is 0.348 e. The van der Waals surface area contributed by atoms with Crippen LogP contribution < -0.4 is 10.5 Å². The lowest BCUT2D eigenvalue weighted by atomic mass is 10.1. The van der Waals surface area contributed by atoms with Gasteiger partial charge in [-0.25, -0.2) is 14.8 Å². The zero-order valence-corrected chi connectivity index (χ0v) is 17.1. The van der Waals surface area contributed by atoms with Crippen molar-refractivity contribution in [3.05, 3.63) is 65.0 Å². The predicted octanol–water partition coefficient (Wildman–Crippen LogP) is 4.94. The maximum absolute atomic E-state index is 11.6. The third kappa shape index (κ3) is 3.76. The number of rotatable bonds is 6. The average Bonchev–Trinajstić information content (AvgIpc) is 3.09. The van der Waals surface area contributed by atoms with E-state index in [2.05, 4.69) is 4.98 Å². The van der Waals surface area contributed by atoms with Crippen LogP contribution in [0.3, 0.4) is 0 Å². The summed E-state index contributed by atoms with van der Waals surface area (Å²) < 4.78 is 5.49. The number of carboxylic acid groups (broad SMARTS) is 1. The van der Waals surface area contributed by atoms with Crippen LogP contribution in [0.4, 0.5) is 5.69 Å². The minimum Gasteiger partial charge on any atom is -0.496 e. The zero-order chi connectivity index (χ0) is 20.4. The standard InChI is InChI=1S/C21H17N3O3S2/c1-27-14-10-6-5-9-13(14)17-15-16(22)18(20(25)26)29-19(15)24-21(23-17)28-11-12-7-3-2-4-8-12/h2-10H,11,22H2,1H3,(H,25,26). The molecule has 0 unspecified atom stereocenters. The van der Waals surface area contributed by atoms with Crippen LogP contribution in [0, 0.1) is 0 Å². The minimum absolute atomic E-state index is 0.0654. The highest BCUT2D eigenvalue weighted by Crippen LogP contribution is 2.42. The Labute approximate surface area is 175 Å². The third-order valence-electron chi connectivity index (χ3n) is 4.34. The van der Waals surface area contributed by atoms with Gasteiger partial charge in [0.1, 0.15) is 15.5 Å². The van der Waals surface area contributed by atoms with E-state index in [1.807, 2.05) is 54.6 Å². The van der Waals surface area contributed by atoms with Gasteiger partial charge in [-0.05, 0) is 17.7 Å². The molecular weight excluding hydrogens is 406 g/mol. The van der Waals surface area contributed by atoms with E-state index in [-0.39, 0.29) is 10.6 Å². The van der Waals surface area contributed by atoms with Crippen molar-refractivity contribution in [2.24, 2.45) is 0 Å². The van der Waals surface area contributed by atoms with Crippen LogP contribution in [-0.4, -0.2) is 28.2 Å². The van der Waals surface area contributed by atoms with Crippen molar-refractivity contribution in [3.63, 3.8) is 0 Å². The molecule has 6 nitrogen and oxygen atoms in total. The Morgan fingerprint density at radius 1 is 1.14 bits per heavy atom. The minimum atomic E-state index is -1.07. The molecule has 146 valence electrons. The maximum Gasteiger partial charge on any atom is 0.348 e. The molecule has 4 rings (SSSR count). The Balaban J connectivity index is 1.87. The molecule has 0 aliphatic heterocycles. The Morgan fingerprint density at radius 3 is 2.59 bits per heavy atom. The highest BCUT2D eigenvalue weighted by Gasteiger charge is 2.23. The SMILES string of the molecule is COc1ccccc1-c1nc(SCc2ccccc2)nc2sc(C(=O)O)c(N)c12. The van der Waals surface area contributed by atoms with Gasteiger partial charge in [-0.15, -0.1) is 11.3 Å². The summed E-state index contributed by atoms with van der Waals surface area (Å²) in [5.74, 6) is 0.258. The average molecular weight is 424 g/mol. The van der Waals surface area contributed by atoms with E-state index < -0.39 is 5.97 Å². The fourth-order valence-electron chi connectivity index (χ4n) is 2.98. The first-order valence-corrected chi connectivity index (χ1v) is 10.5. The molecule has 29 heavy (non-hydrogen) atoms. The van der Waals surface area contributed by atoms with Crippen molar-refractivity contribution in [1.29, 1.82) is 0 Å². The highest BCUT2D eigenvalue weighted by atomic mass is 32.2. The van der Waals surface area contributed by atoms with Crippen molar-refractivity contribution in [3.8, 4) is 17.0 Å². The van der Waals surface area contributed by atoms with Crippen LogP contribution in [0.25, 0.3) is 21.5 Å². The summed E-state index contributed by atoms with van der Waals surface area (Å²) in [6.07, 6.45) is 0. The van der Waals surface area contributed by atoms with Gasteiger partial charge in [0.15, 0.2) is 5.16 Å². The second-order valence-electron chi connectivity index (χ2n) is 6.16. The van der Waals surface area contributed by atoms with Crippen LogP contribution in [0.15, 0.2) is 59.8 Å². The number of hydrogen-bond donors (Lipinski definition) is 2. The zero-order valence-electron chi connectivity index (χ0n) is 15.5. The molecule has 0 aliphatic rings. The van der Waals surface area contributed by atoms with Crippen molar-refractivity contribution < 1.29 is 14.6 Å². The van der Waals surface area contributed by atoms with Gasteiger partial charge >= 0.3 is 5.97 Å². The Morgan fingerprint density at radius 2 is 1.86 bits per heavy atom. The molecule has 3 N–H and O–H groups in total. The predicted molar refractivity (Wildman–Crippen MR) is 117 cm³/mol. The molecule has 0 bridgehead atoms. The van der Waals surface area contributed by atoms with Gasteiger partial charge in [0, 0.05) is 11.3 Å². The molecule has 0 aliphatic carbocycles. The first kappa shape index (κ1) is 19.2. The molecule has 0 spiro atoms. The van der Waals surface area contributed by atoms with Crippen LogP contribution in [-0.2, 0) is 5.75 Å². The molecule has 0 fully saturated rings. The van der Waals surface area contributed by atoms with E-state index in [1.54, 1.807) is 7.11 Å². The van der Waals surface area contributed by atoms with Crippen molar-refractivity contribution in [2.45, 2.75) is 10.9 Å². The van der Waals surface area contributed by atoms with Crippen LogP contribution in [0.2, 0.25) is 0 Å². The lowest BCUT2D eigenvalue weighted by Crippen LogP contribution is -1.99. The van der Waals surface area contributed by atoms with Gasteiger partial charge in [0.25, 0.3) is 0 Å². The number of carbonyl (C=O) groups is 1. The summed E-state index contributed by atoms with van der Waals surface area (Å²) in [6.45, 7) is 0. The molecule has 0 saturated heterocycles. The molecule has 0 amide bonds. The number of nitrogens with zero attached hydrogens (tertiary/aromatic N) is 2. The number of aromatic carboxylic acids is 1. The number of aromatic nitrogens is 2. The summed E-state index contributed by atoms with van der Waals surface area (Å²) in [6, 6.07) is 17.5. The summed E-state index contributed by atoms with van der Waals surface area (Å²) >= 11 is 2.55. The van der Waals surface area contributed by atoms with Gasteiger partial charge in [-0.3, -0.25) is 0 Å². The topological polar surface area (TPSA) is 98.3 Å². The number of ether oxygens (including phenoxy) is 1. The maximum atomic E-state index is 11.6. The monoisotopic (exact) mass is 423 g/mol. The number of nitrogen functional groups attached to an aromatic ring is 1. The van der Waals surface area contributed by atoms with Gasteiger partial charge in [0.05, 0.1) is 23.9 Å². The van der Waals surface area contributed by atoms with Gasteiger partial charge in [-0.2, -0.15) is 0 Å². The fraction of sp³-hybridized carbons (Fsp3) is 0.0952. The van der Waals surface area contributed by atoms with E-state index in [0.717, 1.165) is 22.5 Å². The largest absolute Gasteiger partial charge is 0.496 e. The van der Waals surface area contributed by atoms with Crippen molar-refractivity contribution in [2.75, 3.05) is 12.8 Å². The molecule has 8 heteroatoms. The number of para-hydroxylation sites is 1. The summed E-state index contributed by atoms with van der Waals surface area (Å²) in [7, 11) is 1.59. The number of nitrogens with two attached hydrogens (primary N) is 1. The number of thiophene rings is 1. The highest BCUT2D eigenvalue weighted by molar-refractivity contribution is 7.98. The van der Waals surface area contributed by atoms with Gasteiger partial charge in [0.2, 0.25) is 0 Å². The Bertz CT molecular complexity index is 1190. The first-order chi connectivity index (χ1) is 14.1. The number of methoxy groups -OCH3 is 1. The number of hydrogen-bond acceptors (Lipinski definition) is 7. The second kappa shape index (κ2) is 8.10. The molecule has 2 heterocycles. The van der Waals surface area contributed by atoms with E-state index in [4.69, 9.17) is 15.5 Å². The normalized spacial score (nSPS) is 10.9. The Hall–Kier alpha value is -3.10. The van der Waals surface area contributed by atoms with Gasteiger partial charge < -0.3 is 15.6 Å². The molecule has 0 atom stereocenters. The van der Waals surface area contributed by atoms with Crippen molar-refractivity contribution >= 4 is 45.0 Å². The first-order valence-electron chi connectivity index (χ1n) is 8.72. The van der Waals surface area contributed by atoms with Crippen LogP contribution in [0.5, 0.6) is 5.75 Å². The van der Waals surface area contributed by atoms with E-state index in [9.17, 15) is 9.90 Å². The third-order valence-corrected chi connectivity index (χ3v) is 6.34. The number of carboxylic acids is 1. The number of thioether (sulfide) groups is 1. The number of fused-ring (bicyclic) bond motifs is 1. The number of benzene rings is 2. The van der Waals surface area contributed by atoms with Crippen molar-refractivity contribution in [1.82, 2.24) is 9.97 Å². The van der Waals surface area contributed by atoms with Crippen LogP contribution in [0.1, 0.15) is 15.2 Å². The fourth-order valence-corrected chi connectivity index (χ4v) is 4.77. The van der Waals surface area contributed by atoms with E-state index in [0.29, 0.717) is 32.6 Å². The molecule has 0 radical (unpaired) electrons. The molecular formula is C21H17N3O3S2. The summed E-state index contributed by atoms with van der Waals surface area (Å²) in [5.41, 5.74) is 8.83. The van der Waals surface area contributed by atoms with Gasteiger partial charge in [-0.1, -0.05) is 54.2 Å². The summed E-state index contributed by atoms with van der Waals surface area (Å²) in [4.78, 5) is 21.5. The van der Waals surface area contributed by atoms with Crippen LogP contribution >= 0.6 is 23.1 Å². The number of anilines is 1. The lowest BCUT2D eigenvalue weighted by Gasteiger charge is -2.11.